The number of rotatable bonds is 5. The summed E-state index contributed by atoms with van der Waals surface area (Å²) < 4.78 is 15.5. The Hall–Kier alpha value is -1.75. The van der Waals surface area contributed by atoms with Gasteiger partial charge >= 0.3 is 0 Å². The van der Waals surface area contributed by atoms with Gasteiger partial charge in [-0.1, -0.05) is 6.92 Å². The molecule has 5 nitrogen and oxygen atoms in total. The Balaban J connectivity index is 0.000000982. The average Bonchev–Trinajstić information content (AvgIpc) is 2.45. The Labute approximate surface area is 114 Å². The van der Waals surface area contributed by atoms with E-state index in [4.69, 9.17) is 14.2 Å². The molecule has 1 rings (SSSR count). The van der Waals surface area contributed by atoms with E-state index in [9.17, 15) is 4.79 Å². The number of hydrogen-bond acceptors (Lipinski definition) is 5. The van der Waals surface area contributed by atoms with E-state index in [0.717, 1.165) is 0 Å². The standard InChI is InChI=1S/C12H16O4.C2H7N/c1-5-9(13)8-6-10(14-2)12(16-4)11(7-8)15-3;1-3-2/h6-7H,5H2,1-4H3;3H,1-2H3. The van der Waals surface area contributed by atoms with Crippen molar-refractivity contribution >= 4 is 5.78 Å². The van der Waals surface area contributed by atoms with Crippen LogP contribution in [0, 0.1) is 0 Å². The quantitative estimate of drug-likeness (QED) is 0.830. The number of carbonyl (C=O) groups is 1. The van der Waals surface area contributed by atoms with Gasteiger partial charge in [0.15, 0.2) is 17.3 Å². The number of ketones is 1. The third-order valence-electron chi connectivity index (χ3n) is 2.31. The highest BCUT2D eigenvalue weighted by molar-refractivity contribution is 5.97. The van der Waals surface area contributed by atoms with Crippen molar-refractivity contribution in [1.82, 2.24) is 5.32 Å². The normalized spacial score (nSPS) is 9.16. The van der Waals surface area contributed by atoms with Crippen molar-refractivity contribution in [3.05, 3.63) is 17.7 Å². The van der Waals surface area contributed by atoms with Crippen LogP contribution in [0.2, 0.25) is 0 Å². The van der Waals surface area contributed by atoms with Crippen LogP contribution in [0.15, 0.2) is 12.1 Å². The highest BCUT2D eigenvalue weighted by Gasteiger charge is 2.15. The molecule has 0 aliphatic rings. The van der Waals surface area contributed by atoms with Gasteiger partial charge in [0, 0.05) is 12.0 Å². The molecule has 108 valence electrons. The molecule has 0 atom stereocenters. The first-order chi connectivity index (χ1) is 9.09. The Morgan fingerprint density at radius 3 is 1.74 bits per heavy atom. The number of methoxy groups -OCH3 is 3. The number of nitrogens with one attached hydrogen (secondary N) is 1. The Morgan fingerprint density at radius 1 is 1.05 bits per heavy atom. The SMILES string of the molecule is CCC(=O)c1cc(OC)c(OC)c(OC)c1.CNC. The summed E-state index contributed by atoms with van der Waals surface area (Å²) in [6, 6.07) is 3.32. The Morgan fingerprint density at radius 2 is 1.47 bits per heavy atom. The second-order valence-corrected chi connectivity index (χ2v) is 3.69. The molecule has 0 saturated heterocycles. The molecule has 0 saturated carbocycles. The largest absolute Gasteiger partial charge is 0.493 e. The number of hydrogen-bond donors (Lipinski definition) is 1. The number of Topliss-reactive ketones (excluding diaryl/α,β-unsaturated/α-hetero) is 1. The molecule has 1 aromatic carbocycles. The van der Waals surface area contributed by atoms with E-state index in [-0.39, 0.29) is 5.78 Å². The summed E-state index contributed by atoms with van der Waals surface area (Å²) in [5, 5.41) is 2.75. The minimum Gasteiger partial charge on any atom is -0.493 e. The van der Waals surface area contributed by atoms with Crippen molar-refractivity contribution in [2.45, 2.75) is 13.3 Å². The lowest BCUT2D eigenvalue weighted by molar-refractivity contribution is 0.0987. The van der Waals surface area contributed by atoms with Crippen LogP contribution in [0.4, 0.5) is 0 Å². The molecule has 1 aromatic rings. The summed E-state index contributed by atoms with van der Waals surface area (Å²) in [6.45, 7) is 1.81. The fourth-order valence-corrected chi connectivity index (χ4v) is 1.45. The maximum atomic E-state index is 11.6. The topological polar surface area (TPSA) is 56.8 Å². The van der Waals surface area contributed by atoms with Gasteiger partial charge in [0.25, 0.3) is 0 Å². The van der Waals surface area contributed by atoms with E-state index in [1.54, 1.807) is 12.1 Å². The highest BCUT2D eigenvalue weighted by Crippen LogP contribution is 2.38. The molecule has 0 heterocycles. The molecule has 0 aliphatic heterocycles. The zero-order chi connectivity index (χ0) is 14.8. The maximum absolute atomic E-state index is 11.6. The third-order valence-corrected chi connectivity index (χ3v) is 2.31. The summed E-state index contributed by atoms with van der Waals surface area (Å²) in [4.78, 5) is 11.6. The minimum absolute atomic E-state index is 0.0410. The molecule has 0 unspecified atom stereocenters. The Bertz CT molecular complexity index is 379. The van der Waals surface area contributed by atoms with E-state index in [1.807, 2.05) is 21.0 Å². The Kier molecular flexibility index (Phi) is 8.37. The smallest absolute Gasteiger partial charge is 0.203 e. The first-order valence-electron chi connectivity index (χ1n) is 6.01. The predicted octanol–water partition coefficient (Wildman–Crippen LogP) is 2.14. The lowest BCUT2D eigenvalue weighted by Crippen LogP contribution is -2.01. The van der Waals surface area contributed by atoms with Crippen LogP contribution in [0.3, 0.4) is 0 Å². The van der Waals surface area contributed by atoms with Crippen LogP contribution in [0.25, 0.3) is 0 Å². The van der Waals surface area contributed by atoms with Gasteiger partial charge in [-0.3, -0.25) is 4.79 Å². The molecule has 5 heteroatoms. The van der Waals surface area contributed by atoms with Crippen molar-refractivity contribution < 1.29 is 19.0 Å². The maximum Gasteiger partial charge on any atom is 0.203 e. The van der Waals surface area contributed by atoms with Crippen molar-refractivity contribution in [3.8, 4) is 17.2 Å². The second-order valence-electron chi connectivity index (χ2n) is 3.69. The first-order valence-corrected chi connectivity index (χ1v) is 6.01. The van der Waals surface area contributed by atoms with Crippen LogP contribution in [-0.2, 0) is 0 Å². The number of ether oxygens (including phenoxy) is 3. The molecule has 0 radical (unpaired) electrons. The summed E-state index contributed by atoms with van der Waals surface area (Å²) in [7, 11) is 8.33. The highest BCUT2D eigenvalue weighted by atomic mass is 16.5. The van der Waals surface area contributed by atoms with Gasteiger partial charge in [-0.15, -0.1) is 0 Å². The van der Waals surface area contributed by atoms with Crippen LogP contribution < -0.4 is 19.5 Å². The summed E-state index contributed by atoms with van der Waals surface area (Å²) in [6.07, 6.45) is 0.443. The van der Waals surface area contributed by atoms with Crippen LogP contribution in [-0.4, -0.2) is 41.2 Å². The molecule has 0 bridgehead atoms. The summed E-state index contributed by atoms with van der Waals surface area (Å²) in [5.41, 5.74) is 0.567. The van der Waals surface area contributed by atoms with Crippen molar-refractivity contribution in [3.63, 3.8) is 0 Å². The van der Waals surface area contributed by atoms with Crippen molar-refractivity contribution in [2.24, 2.45) is 0 Å². The second kappa shape index (κ2) is 9.22. The predicted molar refractivity (Wildman–Crippen MR) is 75.7 cm³/mol. The van der Waals surface area contributed by atoms with Crippen molar-refractivity contribution in [1.29, 1.82) is 0 Å². The molecule has 0 spiro atoms. The monoisotopic (exact) mass is 269 g/mol. The zero-order valence-corrected chi connectivity index (χ0v) is 12.5. The lowest BCUT2D eigenvalue weighted by Gasteiger charge is -2.13. The van der Waals surface area contributed by atoms with E-state index >= 15 is 0 Å². The van der Waals surface area contributed by atoms with Crippen molar-refractivity contribution in [2.75, 3.05) is 35.4 Å². The van der Waals surface area contributed by atoms with Crippen LogP contribution in [0.5, 0.6) is 17.2 Å². The fourth-order valence-electron chi connectivity index (χ4n) is 1.45. The average molecular weight is 269 g/mol. The van der Waals surface area contributed by atoms with Gasteiger partial charge < -0.3 is 19.5 Å². The van der Waals surface area contributed by atoms with Gasteiger partial charge in [-0.05, 0) is 26.2 Å². The molecule has 0 aromatic heterocycles. The van der Waals surface area contributed by atoms with E-state index in [2.05, 4.69) is 5.32 Å². The van der Waals surface area contributed by atoms with Gasteiger partial charge in [0.05, 0.1) is 21.3 Å². The molecule has 19 heavy (non-hydrogen) atoms. The third kappa shape index (κ3) is 4.79. The van der Waals surface area contributed by atoms with Gasteiger partial charge in [-0.25, -0.2) is 0 Å². The molecule has 0 aliphatic carbocycles. The minimum atomic E-state index is 0.0410. The number of carbonyl (C=O) groups excluding carboxylic acids is 1. The fraction of sp³-hybridized carbons (Fsp3) is 0.500. The molecule has 0 fully saturated rings. The van der Waals surface area contributed by atoms with E-state index < -0.39 is 0 Å². The van der Waals surface area contributed by atoms with Gasteiger partial charge in [0.2, 0.25) is 5.75 Å². The molecular formula is C14H23NO4. The van der Waals surface area contributed by atoms with Gasteiger partial charge in [0.1, 0.15) is 0 Å². The first kappa shape index (κ1) is 17.2. The van der Waals surface area contributed by atoms with E-state index in [0.29, 0.717) is 29.2 Å². The summed E-state index contributed by atoms with van der Waals surface area (Å²) in [5.74, 6) is 1.54. The molecular weight excluding hydrogens is 246 g/mol. The van der Waals surface area contributed by atoms with Crippen LogP contribution in [0.1, 0.15) is 23.7 Å². The molecule has 1 N–H and O–H groups in total. The molecule has 0 amide bonds. The van der Waals surface area contributed by atoms with Gasteiger partial charge in [-0.2, -0.15) is 0 Å². The van der Waals surface area contributed by atoms with E-state index in [1.165, 1.54) is 21.3 Å². The number of benzene rings is 1. The summed E-state index contributed by atoms with van der Waals surface area (Å²) >= 11 is 0. The lowest BCUT2D eigenvalue weighted by atomic mass is 10.1. The van der Waals surface area contributed by atoms with Crippen LogP contribution >= 0.6 is 0 Å². The zero-order valence-electron chi connectivity index (χ0n) is 12.5.